The van der Waals surface area contributed by atoms with Crippen molar-refractivity contribution < 1.29 is 14.6 Å². The summed E-state index contributed by atoms with van der Waals surface area (Å²) in [6, 6.07) is 7.32. The van der Waals surface area contributed by atoms with Crippen LogP contribution in [0.1, 0.15) is 13.8 Å². The lowest BCUT2D eigenvalue weighted by Crippen LogP contribution is -2.30. The van der Waals surface area contributed by atoms with Crippen molar-refractivity contribution in [3.05, 3.63) is 24.3 Å². The van der Waals surface area contributed by atoms with Gasteiger partial charge in [-0.15, -0.1) is 5.10 Å². The van der Waals surface area contributed by atoms with Crippen molar-refractivity contribution in [2.45, 2.75) is 20.4 Å². The standard InChI is InChI=1S/C13H16N4O3/c1-13(2,12(18)19)8-17-11(14-15-16-17)9-6-4-5-7-10(9)20-3/h4-7H,8H2,1-3H3,(H,18,19). The number of aliphatic carboxylic acids is 1. The smallest absolute Gasteiger partial charge is 0.310 e. The van der Waals surface area contributed by atoms with Crippen LogP contribution in [0, 0.1) is 5.41 Å². The van der Waals surface area contributed by atoms with Crippen molar-refractivity contribution >= 4 is 5.97 Å². The van der Waals surface area contributed by atoms with Crippen LogP contribution in [0.2, 0.25) is 0 Å². The quantitative estimate of drug-likeness (QED) is 0.889. The van der Waals surface area contributed by atoms with Gasteiger partial charge in [0.2, 0.25) is 0 Å². The predicted molar refractivity (Wildman–Crippen MR) is 71.2 cm³/mol. The zero-order chi connectivity index (χ0) is 14.8. The van der Waals surface area contributed by atoms with Crippen molar-refractivity contribution in [3.63, 3.8) is 0 Å². The van der Waals surface area contributed by atoms with Crippen LogP contribution in [-0.4, -0.2) is 38.4 Å². The molecule has 0 bridgehead atoms. The number of hydrogen-bond acceptors (Lipinski definition) is 5. The first-order valence-electron chi connectivity index (χ1n) is 6.08. The van der Waals surface area contributed by atoms with Crippen LogP contribution in [0.4, 0.5) is 0 Å². The van der Waals surface area contributed by atoms with Gasteiger partial charge in [-0.05, 0) is 36.4 Å². The number of aromatic nitrogens is 4. The largest absolute Gasteiger partial charge is 0.496 e. The first-order valence-corrected chi connectivity index (χ1v) is 6.08. The molecule has 2 rings (SSSR count). The van der Waals surface area contributed by atoms with Gasteiger partial charge in [-0.1, -0.05) is 12.1 Å². The summed E-state index contributed by atoms with van der Waals surface area (Å²) in [5.74, 6) is 0.215. The third kappa shape index (κ3) is 2.61. The van der Waals surface area contributed by atoms with Gasteiger partial charge >= 0.3 is 5.97 Å². The van der Waals surface area contributed by atoms with E-state index >= 15 is 0 Å². The molecular weight excluding hydrogens is 260 g/mol. The molecule has 0 spiro atoms. The summed E-state index contributed by atoms with van der Waals surface area (Å²) in [4.78, 5) is 11.2. The number of rotatable bonds is 5. The minimum absolute atomic E-state index is 0.169. The number of hydrogen-bond donors (Lipinski definition) is 1. The van der Waals surface area contributed by atoms with Crippen molar-refractivity contribution in [2.24, 2.45) is 5.41 Å². The summed E-state index contributed by atoms with van der Waals surface area (Å²) in [6.45, 7) is 3.43. The van der Waals surface area contributed by atoms with Gasteiger partial charge in [0.25, 0.3) is 0 Å². The number of carbonyl (C=O) groups is 1. The lowest BCUT2D eigenvalue weighted by Gasteiger charge is -2.19. The fraction of sp³-hybridized carbons (Fsp3) is 0.385. The van der Waals surface area contributed by atoms with Gasteiger partial charge in [-0.2, -0.15) is 0 Å². The molecule has 1 aromatic carbocycles. The van der Waals surface area contributed by atoms with E-state index in [9.17, 15) is 9.90 Å². The number of methoxy groups -OCH3 is 1. The Kier molecular flexibility index (Phi) is 3.69. The Morgan fingerprint density at radius 2 is 2.10 bits per heavy atom. The second kappa shape index (κ2) is 5.28. The molecule has 7 heteroatoms. The molecule has 106 valence electrons. The first kappa shape index (κ1) is 14.0. The summed E-state index contributed by atoms with van der Waals surface area (Å²) in [7, 11) is 1.56. The molecule has 2 aromatic rings. The number of benzene rings is 1. The molecule has 0 saturated heterocycles. The molecular formula is C13H16N4O3. The molecule has 0 atom stereocenters. The number of para-hydroxylation sites is 1. The molecule has 0 aliphatic heterocycles. The lowest BCUT2D eigenvalue weighted by atomic mass is 9.94. The normalized spacial score (nSPS) is 11.3. The topological polar surface area (TPSA) is 90.1 Å². The van der Waals surface area contributed by atoms with E-state index in [0.29, 0.717) is 11.6 Å². The molecule has 0 unspecified atom stereocenters. The fourth-order valence-electron chi connectivity index (χ4n) is 1.78. The van der Waals surface area contributed by atoms with Gasteiger partial charge in [0, 0.05) is 0 Å². The van der Waals surface area contributed by atoms with Gasteiger partial charge in [-0.25, -0.2) is 4.68 Å². The van der Waals surface area contributed by atoms with Gasteiger partial charge in [-0.3, -0.25) is 4.79 Å². The molecule has 7 nitrogen and oxygen atoms in total. The molecule has 1 N–H and O–H groups in total. The van der Waals surface area contributed by atoms with Crippen LogP contribution in [0.25, 0.3) is 11.4 Å². The molecule has 0 saturated carbocycles. The van der Waals surface area contributed by atoms with Crippen molar-refractivity contribution in [1.82, 2.24) is 20.2 Å². The maximum Gasteiger partial charge on any atom is 0.310 e. The Morgan fingerprint density at radius 1 is 1.40 bits per heavy atom. The van der Waals surface area contributed by atoms with E-state index in [0.717, 1.165) is 5.56 Å². The number of ether oxygens (including phenoxy) is 1. The second-order valence-electron chi connectivity index (χ2n) is 5.05. The molecule has 20 heavy (non-hydrogen) atoms. The van der Waals surface area contributed by atoms with Gasteiger partial charge < -0.3 is 9.84 Å². The maximum absolute atomic E-state index is 11.2. The average Bonchev–Trinajstić information content (AvgIpc) is 2.85. The summed E-state index contributed by atoms with van der Waals surface area (Å²) in [5, 5.41) is 20.7. The van der Waals surface area contributed by atoms with Gasteiger partial charge in [0.15, 0.2) is 5.82 Å². The highest BCUT2D eigenvalue weighted by Crippen LogP contribution is 2.29. The number of carboxylic acid groups (broad SMARTS) is 1. The first-order chi connectivity index (χ1) is 9.45. The van der Waals surface area contributed by atoms with E-state index in [4.69, 9.17) is 4.74 Å². The summed E-state index contributed by atoms with van der Waals surface area (Å²) >= 11 is 0. The summed E-state index contributed by atoms with van der Waals surface area (Å²) in [6.07, 6.45) is 0. The van der Waals surface area contributed by atoms with E-state index in [1.807, 2.05) is 18.2 Å². The van der Waals surface area contributed by atoms with Crippen LogP contribution in [-0.2, 0) is 11.3 Å². The highest BCUT2D eigenvalue weighted by molar-refractivity contribution is 5.73. The summed E-state index contributed by atoms with van der Waals surface area (Å²) < 4.78 is 6.75. The van der Waals surface area contributed by atoms with E-state index in [-0.39, 0.29) is 6.54 Å². The van der Waals surface area contributed by atoms with Crippen LogP contribution >= 0.6 is 0 Å². The van der Waals surface area contributed by atoms with Crippen molar-refractivity contribution in [3.8, 4) is 17.1 Å². The highest BCUT2D eigenvalue weighted by atomic mass is 16.5. The number of nitrogens with zero attached hydrogens (tertiary/aromatic N) is 4. The van der Waals surface area contributed by atoms with Crippen LogP contribution < -0.4 is 4.74 Å². The van der Waals surface area contributed by atoms with Crippen molar-refractivity contribution in [2.75, 3.05) is 7.11 Å². The molecule has 0 amide bonds. The Bertz CT molecular complexity index is 622. The van der Waals surface area contributed by atoms with Crippen LogP contribution in [0.15, 0.2) is 24.3 Å². The number of carboxylic acids is 1. The van der Waals surface area contributed by atoms with E-state index < -0.39 is 11.4 Å². The highest BCUT2D eigenvalue weighted by Gasteiger charge is 2.30. The Hall–Kier alpha value is -2.44. The third-order valence-corrected chi connectivity index (χ3v) is 3.00. The zero-order valence-corrected chi connectivity index (χ0v) is 11.6. The minimum Gasteiger partial charge on any atom is -0.496 e. The SMILES string of the molecule is COc1ccccc1-c1nnnn1CC(C)(C)C(=O)O. The van der Waals surface area contributed by atoms with E-state index in [1.165, 1.54) is 4.68 Å². The molecule has 0 aliphatic rings. The minimum atomic E-state index is -0.966. The number of tetrazole rings is 1. The second-order valence-corrected chi connectivity index (χ2v) is 5.05. The van der Waals surface area contributed by atoms with E-state index in [1.54, 1.807) is 27.0 Å². The van der Waals surface area contributed by atoms with E-state index in [2.05, 4.69) is 15.5 Å². The van der Waals surface area contributed by atoms with Crippen molar-refractivity contribution in [1.29, 1.82) is 0 Å². The fourth-order valence-corrected chi connectivity index (χ4v) is 1.78. The molecule has 1 aromatic heterocycles. The maximum atomic E-state index is 11.2. The zero-order valence-electron chi connectivity index (χ0n) is 11.6. The molecule has 0 aliphatic carbocycles. The predicted octanol–water partition coefficient (Wildman–Crippen LogP) is 1.46. The molecule has 1 heterocycles. The Morgan fingerprint density at radius 3 is 2.75 bits per heavy atom. The van der Waals surface area contributed by atoms with Crippen LogP contribution in [0.5, 0.6) is 5.75 Å². The monoisotopic (exact) mass is 276 g/mol. The van der Waals surface area contributed by atoms with Crippen LogP contribution in [0.3, 0.4) is 0 Å². The Labute approximate surface area is 116 Å². The molecule has 0 radical (unpaired) electrons. The Balaban J connectivity index is 2.41. The summed E-state index contributed by atoms with van der Waals surface area (Å²) in [5.41, 5.74) is -0.243. The third-order valence-electron chi connectivity index (χ3n) is 3.00. The van der Waals surface area contributed by atoms with Gasteiger partial charge in [0.05, 0.1) is 24.6 Å². The average molecular weight is 276 g/mol. The van der Waals surface area contributed by atoms with Gasteiger partial charge in [0.1, 0.15) is 5.75 Å². The molecule has 0 fully saturated rings. The lowest BCUT2D eigenvalue weighted by molar-refractivity contribution is -0.147.